The lowest BCUT2D eigenvalue weighted by molar-refractivity contribution is -0.135. The van der Waals surface area contributed by atoms with Crippen molar-refractivity contribution in [2.75, 3.05) is 32.8 Å². The van der Waals surface area contributed by atoms with E-state index in [4.69, 9.17) is 4.74 Å². The standard InChI is InChI=1S/C12H18F2N4O2/c13-12(14)18-4-3-16-10(18)9-15-2-1-11(19)17-5-7-20-8-6-17/h3-4,12,15H,1-2,5-9H2. The van der Waals surface area contributed by atoms with E-state index in [1.807, 2.05) is 0 Å². The molecule has 1 aromatic rings. The number of nitrogens with one attached hydrogen (secondary N) is 1. The molecule has 2 rings (SSSR count). The molecule has 0 atom stereocenters. The zero-order valence-electron chi connectivity index (χ0n) is 11.1. The van der Waals surface area contributed by atoms with E-state index in [0.717, 1.165) is 4.57 Å². The van der Waals surface area contributed by atoms with Gasteiger partial charge in [0.15, 0.2) is 0 Å². The van der Waals surface area contributed by atoms with Crippen LogP contribution in [0.1, 0.15) is 18.8 Å². The van der Waals surface area contributed by atoms with Crippen molar-refractivity contribution >= 4 is 5.91 Å². The second-order valence-electron chi connectivity index (χ2n) is 4.45. The first-order chi connectivity index (χ1) is 9.68. The molecule has 6 nitrogen and oxygen atoms in total. The fourth-order valence-electron chi connectivity index (χ4n) is 2.02. The van der Waals surface area contributed by atoms with Crippen LogP contribution in [-0.4, -0.2) is 53.2 Å². The molecule has 1 saturated heterocycles. The minimum Gasteiger partial charge on any atom is -0.378 e. The zero-order valence-corrected chi connectivity index (χ0v) is 11.1. The molecule has 1 amide bonds. The maximum atomic E-state index is 12.6. The molecule has 8 heteroatoms. The molecule has 0 unspecified atom stereocenters. The van der Waals surface area contributed by atoms with Crippen molar-refractivity contribution in [3.05, 3.63) is 18.2 Å². The number of carbonyl (C=O) groups is 1. The molecule has 0 aliphatic carbocycles. The number of nitrogens with zero attached hydrogens (tertiary/aromatic N) is 3. The van der Waals surface area contributed by atoms with Gasteiger partial charge in [0.1, 0.15) is 5.82 Å². The fraction of sp³-hybridized carbons (Fsp3) is 0.667. The van der Waals surface area contributed by atoms with Crippen LogP contribution in [0.15, 0.2) is 12.4 Å². The highest BCUT2D eigenvalue weighted by Crippen LogP contribution is 2.11. The van der Waals surface area contributed by atoms with E-state index in [1.165, 1.54) is 12.4 Å². The van der Waals surface area contributed by atoms with Crippen LogP contribution < -0.4 is 5.32 Å². The second kappa shape index (κ2) is 7.30. The van der Waals surface area contributed by atoms with Crippen LogP contribution in [0.2, 0.25) is 0 Å². The Morgan fingerprint density at radius 2 is 2.20 bits per heavy atom. The van der Waals surface area contributed by atoms with Gasteiger partial charge in [-0.05, 0) is 0 Å². The van der Waals surface area contributed by atoms with Gasteiger partial charge in [-0.15, -0.1) is 0 Å². The molecular weight excluding hydrogens is 270 g/mol. The highest BCUT2D eigenvalue weighted by Gasteiger charge is 2.16. The number of carbonyl (C=O) groups excluding carboxylic acids is 1. The highest BCUT2D eigenvalue weighted by molar-refractivity contribution is 5.76. The van der Waals surface area contributed by atoms with Crippen LogP contribution in [0.5, 0.6) is 0 Å². The molecule has 1 aromatic heterocycles. The number of amides is 1. The van der Waals surface area contributed by atoms with E-state index in [1.54, 1.807) is 4.90 Å². The summed E-state index contributed by atoms with van der Waals surface area (Å²) in [6.07, 6.45) is 2.91. The fourth-order valence-corrected chi connectivity index (χ4v) is 2.02. The van der Waals surface area contributed by atoms with E-state index < -0.39 is 6.55 Å². The molecule has 0 radical (unpaired) electrons. The summed E-state index contributed by atoms with van der Waals surface area (Å²) in [5.74, 6) is 0.317. The molecule has 1 aliphatic heterocycles. The monoisotopic (exact) mass is 288 g/mol. The zero-order chi connectivity index (χ0) is 14.4. The molecule has 1 fully saturated rings. The lowest BCUT2D eigenvalue weighted by Gasteiger charge is -2.26. The molecule has 0 bridgehead atoms. The van der Waals surface area contributed by atoms with Gasteiger partial charge in [0.2, 0.25) is 5.91 Å². The summed E-state index contributed by atoms with van der Waals surface area (Å²) < 4.78 is 31.1. The topological polar surface area (TPSA) is 59.4 Å². The van der Waals surface area contributed by atoms with Gasteiger partial charge in [-0.2, -0.15) is 8.78 Å². The molecular formula is C12H18F2N4O2. The molecule has 20 heavy (non-hydrogen) atoms. The van der Waals surface area contributed by atoms with Crippen molar-refractivity contribution in [1.29, 1.82) is 0 Å². The van der Waals surface area contributed by atoms with E-state index in [9.17, 15) is 13.6 Å². The second-order valence-corrected chi connectivity index (χ2v) is 4.45. The van der Waals surface area contributed by atoms with Gasteiger partial charge in [-0.1, -0.05) is 0 Å². The maximum absolute atomic E-state index is 12.6. The van der Waals surface area contributed by atoms with E-state index in [-0.39, 0.29) is 18.3 Å². The van der Waals surface area contributed by atoms with Crippen molar-refractivity contribution < 1.29 is 18.3 Å². The number of hydrogen-bond donors (Lipinski definition) is 1. The highest BCUT2D eigenvalue weighted by atomic mass is 19.3. The van der Waals surface area contributed by atoms with E-state index in [2.05, 4.69) is 10.3 Å². The van der Waals surface area contributed by atoms with Gasteiger partial charge in [0.05, 0.1) is 19.8 Å². The molecule has 0 saturated carbocycles. The summed E-state index contributed by atoms with van der Waals surface area (Å²) in [4.78, 5) is 17.4. The Balaban J connectivity index is 1.68. The number of imidazole rings is 1. The SMILES string of the molecule is O=C(CCNCc1nccn1C(F)F)N1CCOCC1. The van der Waals surface area contributed by atoms with Crippen LogP contribution in [0, 0.1) is 0 Å². The lowest BCUT2D eigenvalue weighted by atomic mass is 10.3. The number of rotatable bonds is 6. The predicted molar refractivity (Wildman–Crippen MR) is 67.2 cm³/mol. The number of aromatic nitrogens is 2. The summed E-state index contributed by atoms with van der Waals surface area (Å²) in [7, 11) is 0. The Bertz CT molecular complexity index is 433. The number of halogens is 2. The number of hydrogen-bond acceptors (Lipinski definition) is 4. The number of ether oxygens (including phenoxy) is 1. The van der Waals surface area contributed by atoms with Gasteiger partial charge in [0.25, 0.3) is 0 Å². The van der Waals surface area contributed by atoms with Crippen LogP contribution in [0.4, 0.5) is 8.78 Å². The normalized spacial score (nSPS) is 15.8. The summed E-state index contributed by atoms with van der Waals surface area (Å²) >= 11 is 0. The minimum atomic E-state index is -2.59. The quantitative estimate of drug-likeness (QED) is 0.780. The van der Waals surface area contributed by atoms with Crippen LogP contribution >= 0.6 is 0 Å². The van der Waals surface area contributed by atoms with Gasteiger partial charge >= 0.3 is 6.55 Å². The molecule has 0 spiro atoms. The first kappa shape index (κ1) is 14.9. The predicted octanol–water partition coefficient (Wildman–Crippen LogP) is 0.617. The van der Waals surface area contributed by atoms with Crippen molar-refractivity contribution in [1.82, 2.24) is 19.8 Å². The average molecular weight is 288 g/mol. The lowest BCUT2D eigenvalue weighted by Crippen LogP contribution is -2.41. The first-order valence-corrected chi connectivity index (χ1v) is 6.54. The number of alkyl halides is 2. The molecule has 0 aromatic carbocycles. The van der Waals surface area contributed by atoms with Crippen molar-refractivity contribution in [2.45, 2.75) is 19.5 Å². The summed E-state index contributed by atoms with van der Waals surface area (Å²) in [6, 6.07) is 0. The van der Waals surface area contributed by atoms with Crippen LogP contribution in [0.3, 0.4) is 0 Å². The van der Waals surface area contributed by atoms with Gasteiger partial charge in [-0.25, -0.2) is 4.98 Å². The van der Waals surface area contributed by atoms with Crippen LogP contribution in [-0.2, 0) is 16.1 Å². The van der Waals surface area contributed by atoms with E-state index in [0.29, 0.717) is 39.3 Å². The van der Waals surface area contributed by atoms with Crippen molar-refractivity contribution in [2.24, 2.45) is 0 Å². The van der Waals surface area contributed by atoms with Gasteiger partial charge in [0, 0.05) is 38.4 Å². The van der Waals surface area contributed by atoms with Crippen molar-refractivity contribution in [3.8, 4) is 0 Å². The Hall–Kier alpha value is -1.54. The summed E-state index contributed by atoms with van der Waals surface area (Å²) in [5.41, 5.74) is 0. The molecule has 2 heterocycles. The Morgan fingerprint density at radius 3 is 2.90 bits per heavy atom. The van der Waals surface area contributed by atoms with Gasteiger partial charge in [-0.3, -0.25) is 9.36 Å². The largest absolute Gasteiger partial charge is 0.378 e. The summed E-state index contributed by atoms with van der Waals surface area (Å²) in [5, 5.41) is 2.96. The third-order valence-electron chi connectivity index (χ3n) is 3.12. The Labute approximate surface area is 115 Å². The molecule has 112 valence electrons. The van der Waals surface area contributed by atoms with Crippen molar-refractivity contribution in [3.63, 3.8) is 0 Å². The summed E-state index contributed by atoms with van der Waals surface area (Å²) in [6.45, 7) is 0.448. The van der Waals surface area contributed by atoms with E-state index >= 15 is 0 Å². The smallest absolute Gasteiger partial charge is 0.319 e. The maximum Gasteiger partial charge on any atom is 0.319 e. The minimum absolute atomic E-state index is 0.0537. The third-order valence-corrected chi connectivity index (χ3v) is 3.12. The Morgan fingerprint density at radius 1 is 1.45 bits per heavy atom. The number of morpholine rings is 1. The first-order valence-electron chi connectivity index (χ1n) is 6.54. The van der Waals surface area contributed by atoms with Gasteiger partial charge < -0.3 is 15.0 Å². The molecule has 1 aliphatic rings. The average Bonchev–Trinajstić information content (AvgIpc) is 2.93. The van der Waals surface area contributed by atoms with Crippen LogP contribution in [0.25, 0.3) is 0 Å². The third kappa shape index (κ3) is 3.97. The molecule has 1 N–H and O–H groups in total. The Kier molecular flexibility index (Phi) is 5.42.